The van der Waals surface area contributed by atoms with Crippen molar-refractivity contribution in [3.63, 3.8) is 0 Å². The van der Waals surface area contributed by atoms with Crippen LogP contribution in [0.2, 0.25) is 10.0 Å². The molecule has 1 heterocycles. The molecule has 0 aliphatic carbocycles. The predicted octanol–water partition coefficient (Wildman–Crippen LogP) is 4.52. The molecule has 1 fully saturated rings. The van der Waals surface area contributed by atoms with Gasteiger partial charge in [-0.05, 0) is 35.9 Å². The first-order valence-corrected chi connectivity index (χ1v) is 8.96. The second kappa shape index (κ2) is 8.12. The summed E-state index contributed by atoms with van der Waals surface area (Å²) in [6.07, 6.45) is 3.36. The highest BCUT2D eigenvalue weighted by Gasteiger charge is 2.38. The van der Waals surface area contributed by atoms with Crippen molar-refractivity contribution in [2.45, 2.75) is 5.60 Å². The molecule has 1 aliphatic heterocycles. The second-order valence-electron chi connectivity index (χ2n) is 6.00. The summed E-state index contributed by atoms with van der Waals surface area (Å²) in [6, 6.07) is 14.5. The average Bonchev–Trinajstić information content (AvgIpc) is 2.68. The van der Waals surface area contributed by atoms with Gasteiger partial charge in [0, 0.05) is 12.1 Å². The topological polar surface area (TPSA) is 38.8 Å². The third-order valence-corrected chi connectivity index (χ3v) is 5.08. The van der Waals surface area contributed by atoms with E-state index in [4.69, 9.17) is 32.7 Å². The Morgan fingerprint density at radius 3 is 2.65 bits per heavy atom. The molecular formula is C20H19Cl2NO3. The van der Waals surface area contributed by atoms with Crippen molar-refractivity contribution in [2.75, 3.05) is 26.8 Å². The molecule has 0 spiro atoms. The van der Waals surface area contributed by atoms with Gasteiger partial charge in [-0.1, -0.05) is 47.5 Å². The van der Waals surface area contributed by atoms with E-state index in [1.807, 2.05) is 36.4 Å². The fourth-order valence-corrected chi connectivity index (χ4v) is 3.29. The third-order valence-electron chi connectivity index (χ3n) is 4.34. The van der Waals surface area contributed by atoms with Crippen molar-refractivity contribution >= 4 is 29.1 Å². The smallest absolute Gasteiger partial charge is 0.254 e. The number of carbonyl (C=O) groups excluding carboxylic acids is 1. The highest BCUT2D eigenvalue weighted by Crippen LogP contribution is 2.35. The van der Waals surface area contributed by atoms with Crippen LogP contribution in [0, 0.1) is 0 Å². The van der Waals surface area contributed by atoms with Gasteiger partial charge >= 0.3 is 0 Å². The van der Waals surface area contributed by atoms with E-state index in [2.05, 4.69) is 0 Å². The SMILES string of the molecule is CO/C=C\C1(c2ccc(Cl)c(Cl)c2)CN(C(=O)c2ccccc2)CCO1. The predicted molar refractivity (Wildman–Crippen MR) is 103 cm³/mol. The molecule has 0 N–H and O–H groups in total. The van der Waals surface area contributed by atoms with E-state index in [1.54, 1.807) is 36.5 Å². The van der Waals surface area contributed by atoms with Gasteiger partial charge in [0.05, 0.1) is 36.6 Å². The first-order chi connectivity index (χ1) is 12.6. The van der Waals surface area contributed by atoms with E-state index >= 15 is 0 Å². The first-order valence-electron chi connectivity index (χ1n) is 8.20. The minimum atomic E-state index is -0.854. The maximum Gasteiger partial charge on any atom is 0.254 e. The lowest BCUT2D eigenvalue weighted by Gasteiger charge is -2.41. The van der Waals surface area contributed by atoms with E-state index in [0.717, 1.165) is 5.56 Å². The zero-order chi connectivity index (χ0) is 18.6. The number of ether oxygens (including phenoxy) is 2. The van der Waals surface area contributed by atoms with Gasteiger partial charge in [0.1, 0.15) is 5.60 Å². The van der Waals surface area contributed by atoms with Crippen LogP contribution in [0.15, 0.2) is 60.9 Å². The number of rotatable bonds is 4. The van der Waals surface area contributed by atoms with Crippen molar-refractivity contribution in [2.24, 2.45) is 0 Å². The monoisotopic (exact) mass is 391 g/mol. The number of amides is 1. The molecule has 0 bridgehead atoms. The van der Waals surface area contributed by atoms with Crippen molar-refractivity contribution in [1.82, 2.24) is 4.90 Å². The molecule has 6 heteroatoms. The summed E-state index contributed by atoms with van der Waals surface area (Å²) in [6.45, 7) is 1.25. The quantitative estimate of drug-likeness (QED) is 0.719. The summed E-state index contributed by atoms with van der Waals surface area (Å²) in [4.78, 5) is 14.7. The van der Waals surface area contributed by atoms with Crippen LogP contribution in [0.4, 0.5) is 0 Å². The molecule has 1 unspecified atom stereocenters. The Morgan fingerprint density at radius 1 is 1.19 bits per heavy atom. The Hall–Kier alpha value is -2.01. The van der Waals surface area contributed by atoms with Crippen LogP contribution < -0.4 is 0 Å². The molecule has 0 radical (unpaired) electrons. The Balaban J connectivity index is 1.95. The van der Waals surface area contributed by atoms with Crippen molar-refractivity contribution in [3.8, 4) is 0 Å². The lowest BCUT2D eigenvalue weighted by Crippen LogP contribution is -2.51. The van der Waals surface area contributed by atoms with E-state index in [-0.39, 0.29) is 5.91 Å². The van der Waals surface area contributed by atoms with Crippen LogP contribution >= 0.6 is 23.2 Å². The minimum Gasteiger partial charge on any atom is -0.505 e. The Kier molecular flexibility index (Phi) is 5.87. The van der Waals surface area contributed by atoms with E-state index in [1.165, 1.54) is 0 Å². The molecule has 1 aliphatic rings. The Labute approximate surface area is 162 Å². The number of carbonyl (C=O) groups is 1. The normalized spacial score (nSPS) is 20.3. The Morgan fingerprint density at radius 2 is 1.96 bits per heavy atom. The van der Waals surface area contributed by atoms with Crippen LogP contribution in [-0.4, -0.2) is 37.6 Å². The van der Waals surface area contributed by atoms with Crippen LogP contribution in [0.1, 0.15) is 15.9 Å². The molecule has 2 aromatic carbocycles. The number of hydrogen-bond donors (Lipinski definition) is 0. The number of halogens is 2. The van der Waals surface area contributed by atoms with Gasteiger partial charge in [0.2, 0.25) is 0 Å². The summed E-state index contributed by atoms with van der Waals surface area (Å²) >= 11 is 12.2. The zero-order valence-electron chi connectivity index (χ0n) is 14.3. The first kappa shape index (κ1) is 18.8. The summed E-state index contributed by atoms with van der Waals surface area (Å²) < 4.78 is 11.2. The standard InChI is InChI=1S/C20H19Cl2NO3/c1-25-11-9-20(16-7-8-17(21)18(22)13-16)14-23(10-12-26-20)19(24)15-5-3-2-4-6-15/h2-9,11,13H,10,12,14H2,1H3/b11-9-. The maximum absolute atomic E-state index is 12.9. The molecular weight excluding hydrogens is 373 g/mol. The van der Waals surface area contributed by atoms with Gasteiger partial charge in [0.15, 0.2) is 0 Å². The van der Waals surface area contributed by atoms with Gasteiger partial charge in [-0.25, -0.2) is 0 Å². The second-order valence-corrected chi connectivity index (χ2v) is 6.81. The largest absolute Gasteiger partial charge is 0.505 e. The lowest BCUT2D eigenvalue weighted by atomic mass is 9.91. The highest BCUT2D eigenvalue weighted by molar-refractivity contribution is 6.42. The lowest BCUT2D eigenvalue weighted by molar-refractivity contribution is -0.0747. The molecule has 1 atom stereocenters. The maximum atomic E-state index is 12.9. The molecule has 136 valence electrons. The molecule has 26 heavy (non-hydrogen) atoms. The van der Waals surface area contributed by atoms with Crippen molar-refractivity contribution < 1.29 is 14.3 Å². The highest BCUT2D eigenvalue weighted by atomic mass is 35.5. The minimum absolute atomic E-state index is 0.0378. The van der Waals surface area contributed by atoms with Crippen LogP contribution in [0.5, 0.6) is 0 Å². The van der Waals surface area contributed by atoms with Crippen LogP contribution in [0.3, 0.4) is 0 Å². The summed E-state index contributed by atoms with van der Waals surface area (Å²) in [5.41, 5.74) is 0.603. The molecule has 0 saturated carbocycles. The fourth-order valence-electron chi connectivity index (χ4n) is 2.99. The molecule has 0 aromatic heterocycles. The van der Waals surface area contributed by atoms with E-state index in [9.17, 15) is 4.79 Å². The van der Waals surface area contributed by atoms with Crippen LogP contribution in [0.25, 0.3) is 0 Å². The molecule has 1 saturated heterocycles. The molecule has 1 amide bonds. The summed E-state index contributed by atoms with van der Waals surface area (Å²) in [5.74, 6) is -0.0378. The van der Waals surface area contributed by atoms with E-state index < -0.39 is 5.60 Å². The molecule has 4 nitrogen and oxygen atoms in total. The molecule has 3 rings (SSSR count). The van der Waals surface area contributed by atoms with Gasteiger partial charge in [-0.3, -0.25) is 4.79 Å². The van der Waals surface area contributed by atoms with Gasteiger partial charge in [0.25, 0.3) is 5.91 Å². The number of hydrogen-bond acceptors (Lipinski definition) is 3. The van der Waals surface area contributed by atoms with Crippen molar-refractivity contribution in [1.29, 1.82) is 0 Å². The number of benzene rings is 2. The number of methoxy groups -OCH3 is 1. The number of nitrogens with zero attached hydrogens (tertiary/aromatic N) is 1. The average molecular weight is 392 g/mol. The number of morpholine rings is 1. The van der Waals surface area contributed by atoms with E-state index in [0.29, 0.717) is 35.3 Å². The fraction of sp³-hybridized carbons (Fsp3) is 0.250. The van der Waals surface area contributed by atoms with Crippen molar-refractivity contribution in [3.05, 3.63) is 82.0 Å². The molecule has 2 aromatic rings. The summed E-state index contributed by atoms with van der Waals surface area (Å²) in [5, 5.41) is 0.902. The summed E-state index contributed by atoms with van der Waals surface area (Å²) in [7, 11) is 1.56. The van der Waals surface area contributed by atoms with Gasteiger partial charge in [-0.2, -0.15) is 0 Å². The third kappa shape index (κ3) is 3.88. The Bertz CT molecular complexity index is 810. The van der Waals surface area contributed by atoms with Gasteiger partial charge in [-0.15, -0.1) is 0 Å². The van der Waals surface area contributed by atoms with Crippen LogP contribution in [-0.2, 0) is 15.1 Å². The van der Waals surface area contributed by atoms with Gasteiger partial charge < -0.3 is 14.4 Å². The zero-order valence-corrected chi connectivity index (χ0v) is 15.8.